The average Bonchev–Trinajstić information content (AvgIpc) is 2.69. The number of piperazine rings is 1. The number of rotatable bonds is 10. The Morgan fingerprint density at radius 1 is 1.10 bits per heavy atom. The first-order chi connectivity index (χ1) is 14.2. The molecule has 2 aliphatic heterocycles. The molecule has 2 fully saturated rings. The zero-order valence-corrected chi connectivity index (χ0v) is 17.3. The minimum atomic E-state index is -0.914. The minimum Gasteiger partial charge on any atom is -0.370 e. The van der Waals surface area contributed by atoms with E-state index in [4.69, 9.17) is 16.9 Å². The van der Waals surface area contributed by atoms with Gasteiger partial charge in [-0.1, -0.05) is 19.8 Å². The quantitative estimate of drug-likeness (QED) is 0.121. The van der Waals surface area contributed by atoms with E-state index in [-0.39, 0.29) is 36.7 Å². The topological polar surface area (TPSA) is 192 Å². The van der Waals surface area contributed by atoms with Gasteiger partial charge in [0.25, 0.3) is 0 Å². The number of primary amides is 1. The summed E-state index contributed by atoms with van der Waals surface area (Å²) in [6.45, 7) is 2.72. The summed E-state index contributed by atoms with van der Waals surface area (Å²) in [7, 11) is 0. The molecule has 11 nitrogen and oxygen atoms in total. The van der Waals surface area contributed by atoms with Crippen molar-refractivity contribution < 1.29 is 19.2 Å². The Kier molecular flexibility index (Phi) is 8.58. The molecule has 0 bridgehead atoms. The molecule has 2 aliphatic rings. The molecule has 0 radical (unpaired) electrons. The maximum atomic E-state index is 13.2. The van der Waals surface area contributed by atoms with E-state index in [0.29, 0.717) is 25.8 Å². The van der Waals surface area contributed by atoms with E-state index in [9.17, 15) is 19.2 Å². The Morgan fingerprint density at radius 3 is 2.40 bits per heavy atom. The van der Waals surface area contributed by atoms with E-state index in [1.54, 1.807) is 0 Å². The van der Waals surface area contributed by atoms with Gasteiger partial charge in [0.2, 0.25) is 17.7 Å². The zero-order valence-electron chi connectivity index (χ0n) is 17.3. The predicted octanol–water partition coefficient (Wildman–Crippen LogP) is -1.93. The van der Waals surface area contributed by atoms with Crippen LogP contribution in [0.2, 0.25) is 0 Å². The summed E-state index contributed by atoms with van der Waals surface area (Å²) in [5, 5.41) is 18.3. The van der Waals surface area contributed by atoms with Gasteiger partial charge in [0, 0.05) is 24.9 Å². The molecule has 0 aromatic carbocycles. The maximum absolute atomic E-state index is 13.2. The molecule has 0 saturated carbocycles. The van der Waals surface area contributed by atoms with Crippen molar-refractivity contribution in [3.63, 3.8) is 0 Å². The van der Waals surface area contributed by atoms with Gasteiger partial charge in [-0.25, -0.2) is 0 Å². The molecule has 2 saturated heterocycles. The Balaban J connectivity index is 2.06. The van der Waals surface area contributed by atoms with Crippen LogP contribution >= 0.6 is 0 Å². The molecular formula is C19H33N7O4. The molecule has 11 heteroatoms. The summed E-state index contributed by atoms with van der Waals surface area (Å²) >= 11 is 0. The number of nitrogens with one attached hydrogen (secondary N) is 5. The van der Waals surface area contributed by atoms with Crippen molar-refractivity contribution >= 4 is 29.5 Å². The summed E-state index contributed by atoms with van der Waals surface area (Å²) in [6.07, 6.45) is 3.57. The highest BCUT2D eigenvalue weighted by atomic mass is 16.2. The van der Waals surface area contributed by atoms with Gasteiger partial charge >= 0.3 is 0 Å². The molecule has 0 aromatic rings. The highest BCUT2D eigenvalue weighted by Crippen LogP contribution is 2.29. The smallest absolute Gasteiger partial charge is 0.240 e. The van der Waals surface area contributed by atoms with Crippen molar-refractivity contribution in [2.24, 2.45) is 23.3 Å². The van der Waals surface area contributed by atoms with E-state index in [0.717, 1.165) is 12.8 Å². The number of unbranched alkanes of at least 4 members (excludes halogenated alkanes) is 1. The summed E-state index contributed by atoms with van der Waals surface area (Å²) in [6, 6.07) is -1.99. The highest BCUT2D eigenvalue weighted by molar-refractivity contribution is 5.98. The number of nitrogens with two attached hydrogens (primary N) is 2. The van der Waals surface area contributed by atoms with Gasteiger partial charge in [0.1, 0.15) is 12.1 Å². The van der Waals surface area contributed by atoms with Crippen molar-refractivity contribution in [3.05, 3.63) is 0 Å². The lowest BCUT2D eigenvalue weighted by Gasteiger charge is -2.37. The molecule has 2 heterocycles. The minimum absolute atomic E-state index is 0.107. The number of hydrogen-bond donors (Lipinski definition) is 7. The second kappa shape index (κ2) is 10.9. The third-order valence-electron chi connectivity index (χ3n) is 5.74. The first-order valence-electron chi connectivity index (χ1n) is 10.5. The normalized spacial score (nSPS) is 28.9. The fraction of sp³-hybridized carbons (Fsp3) is 0.737. The van der Waals surface area contributed by atoms with Gasteiger partial charge < -0.3 is 32.7 Å². The van der Waals surface area contributed by atoms with Crippen LogP contribution in [0.1, 0.15) is 45.4 Å². The largest absolute Gasteiger partial charge is 0.370 e. The average molecular weight is 424 g/mol. The fourth-order valence-electron chi connectivity index (χ4n) is 4.07. The van der Waals surface area contributed by atoms with Crippen LogP contribution in [0.3, 0.4) is 0 Å². The van der Waals surface area contributed by atoms with Crippen LogP contribution in [-0.2, 0) is 19.2 Å². The number of hydrogen-bond acceptors (Lipinski definition) is 6. The Hall–Kier alpha value is -2.69. The Morgan fingerprint density at radius 2 is 1.80 bits per heavy atom. The van der Waals surface area contributed by atoms with Crippen LogP contribution in [0.25, 0.3) is 0 Å². The van der Waals surface area contributed by atoms with Crippen molar-refractivity contribution in [3.8, 4) is 0 Å². The zero-order chi connectivity index (χ0) is 22.3. The lowest BCUT2D eigenvalue weighted by molar-refractivity contribution is -0.143. The molecule has 1 unspecified atom stereocenters. The lowest BCUT2D eigenvalue weighted by atomic mass is 9.75. The number of amides is 3. The third-order valence-corrected chi connectivity index (χ3v) is 5.74. The first kappa shape index (κ1) is 23.6. The molecular weight excluding hydrogens is 390 g/mol. The fourth-order valence-corrected chi connectivity index (χ4v) is 4.07. The number of ketones is 1. The molecule has 3 amide bonds. The van der Waals surface area contributed by atoms with Gasteiger partial charge in [-0.3, -0.25) is 24.6 Å². The molecule has 0 spiro atoms. The first-order valence-corrected chi connectivity index (χ1v) is 10.5. The van der Waals surface area contributed by atoms with Crippen molar-refractivity contribution in [1.29, 1.82) is 5.41 Å². The van der Waals surface area contributed by atoms with Crippen LogP contribution in [0.15, 0.2) is 0 Å². The molecule has 0 aromatic heterocycles. The second-order valence-electron chi connectivity index (χ2n) is 7.96. The summed E-state index contributed by atoms with van der Waals surface area (Å²) in [5.41, 5.74) is 10.6. The molecule has 168 valence electrons. The summed E-state index contributed by atoms with van der Waals surface area (Å²) < 4.78 is 0. The second-order valence-corrected chi connectivity index (χ2v) is 7.96. The monoisotopic (exact) mass is 423 g/mol. The van der Waals surface area contributed by atoms with Crippen LogP contribution in [0.5, 0.6) is 0 Å². The van der Waals surface area contributed by atoms with E-state index in [1.165, 1.54) is 0 Å². The molecule has 0 aliphatic carbocycles. The Labute approximate surface area is 176 Å². The summed E-state index contributed by atoms with van der Waals surface area (Å²) in [5.74, 6) is -3.12. The van der Waals surface area contributed by atoms with E-state index in [2.05, 4.69) is 21.3 Å². The van der Waals surface area contributed by atoms with Gasteiger partial charge in [0.05, 0.1) is 6.04 Å². The maximum Gasteiger partial charge on any atom is 0.240 e. The van der Waals surface area contributed by atoms with Crippen LogP contribution in [0, 0.1) is 17.2 Å². The SMILES string of the molecule is CCCC[C@@H]1NC[C@@H](C(=O)C2C[C@@H](C(N)=O)NC(=O)[C@H]2CCCNC(=N)N)NC1=O. The van der Waals surface area contributed by atoms with E-state index >= 15 is 0 Å². The highest BCUT2D eigenvalue weighted by Gasteiger charge is 2.45. The number of guanidine groups is 1. The lowest BCUT2D eigenvalue weighted by Crippen LogP contribution is -2.64. The van der Waals surface area contributed by atoms with Gasteiger partial charge in [0.15, 0.2) is 11.7 Å². The standard InChI is InChI=1S/C19H33N7O4/c1-2-3-6-12-18(30)26-14(9-24-12)15(27)11-8-13(16(20)28)25-17(29)10(11)5-4-7-23-19(21)22/h10-14,24H,2-9H2,1H3,(H2,20,28)(H,25,29)(H,26,30)(H4,21,22,23)/t10-,11?,12-,13-,14-/m0/s1. The van der Waals surface area contributed by atoms with Crippen LogP contribution in [-0.4, -0.2) is 60.7 Å². The number of piperidine rings is 1. The van der Waals surface area contributed by atoms with Gasteiger partial charge in [-0.2, -0.15) is 0 Å². The van der Waals surface area contributed by atoms with Crippen molar-refractivity contribution in [2.75, 3.05) is 13.1 Å². The van der Waals surface area contributed by atoms with Gasteiger partial charge in [-0.05, 0) is 25.7 Å². The number of Topliss-reactive ketones (excluding diaryl/α,β-unsaturated/α-hetero) is 1. The predicted molar refractivity (Wildman–Crippen MR) is 110 cm³/mol. The number of carbonyl (C=O) groups is 4. The molecule has 30 heavy (non-hydrogen) atoms. The molecule has 9 N–H and O–H groups in total. The van der Waals surface area contributed by atoms with E-state index in [1.807, 2.05) is 6.92 Å². The third kappa shape index (κ3) is 6.15. The van der Waals surface area contributed by atoms with Crippen molar-refractivity contribution in [1.82, 2.24) is 21.3 Å². The molecule has 2 rings (SSSR count). The molecule has 5 atom stereocenters. The van der Waals surface area contributed by atoms with E-state index < -0.39 is 35.7 Å². The van der Waals surface area contributed by atoms with Crippen LogP contribution in [0.4, 0.5) is 0 Å². The van der Waals surface area contributed by atoms with Gasteiger partial charge in [-0.15, -0.1) is 0 Å². The number of carbonyl (C=O) groups excluding carboxylic acids is 4. The van der Waals surface area contributed by atoms with Crippen molar-refractivity contribution in [2.45, 2.75) is 63.6 Å². The van der Waals surface area contributed by atoms with Crippen LogP contribution < -0.4 is 32.7 Å². The Bertz CT molecular complexity index is 684. The summed E-state index contributed by atoms with van der Waals surface area (Å²) in [4.78, 5) is 49.9.